The molecule has 0 radical (unpaired) electrons. The lowest BCUT2D eigenvalue weighted by Crippen LogP contribution is -2.00. The zero-order chi connectivity index (χ0) is 17.9. The van der Waals surface area contributed by atoms with Crippen molar-refractivity contribution in [2.45, 2.75) is 13.3 Å². The Hall–Kier alpha value is -3.59. The van der Waals surface area contributed by atoms with Gasteiger partial charge in [0.25, 0.3) is 0 Å². The minimum Gasteiger partial charge on any atom is -0.457 e. The van der Waals surface area contributed by atoms with Crippen LogP contribution in [0.25, 0.3) is 0 Å². The fraction of sp³-hybridized carbons (Fsp3) is 0.150. The Balaban J connectivity index is 1.55. The second kappa shape index (κ2) is 6.73. The first-order chi connectivity index (χ1) is 12.7. The first-order valence-electron chi connectivity index (χ1n) is 8.36. The van der Waals surface area contributed by atoms with E-state index in [1.807, 2.05) is 37.3 Å². The molecule has 6 heteroatoms. The normalized spacial score (nSPS) is 12.0. The molecular weight excluding hydrogens is 326 g/mol. The molecule has 1 aliphatic rings. The maximum Gasteiger partial charge on any atom is 0.157 e. The third-order valence-electron chi connectivity index (χ3n) is 4.22. The second-order valence-electron chi connectivity index (χ2n) is 6.07. The molecule has 4 rings (SSSR count). The highest BCUT2D eigenvalue weighted by molar-refractivity contribution is 5.74. The topological polar surface area (TPSA) is 82.9 Å². The van der Waals surface area contributed by atoms with E-state index in [-0.39, 0.29) is 0 Å². The maximum absolute atomic E-state index is 9.00. The molecule has 2 N–H and O–H groups in total. The van der Waals surface area contributed by atoms with E-state index < -0.39 is 0 Å². The number of aromatic nitrogens is 2. The zero-order valence-electron chi connectivity index (χ0n) is 14.3. The molecule has 0 unspecified atom stereocenters. The number of rotatable bonds is 4. The van der Waals surface area contributed by atoms with Gasteiger partial charge in [-0.15, -0.1) is 0 Å². The van der Waals surface area contributed by atoms with Gasteiger partial charge in [-0.3, -0.25) is 0 Å². The van der Waals surface area contributed by atoms with Crippen molar-refractivity contribution in [3.05, 3.63) is 65.6 Å². The number of nitriles is 1. The summed E-state index contributed by atoms with van der Waals surface area (Å²) in [6.07, 6.45) is 2.50. The van der Waals surface area contributed by atoms with Crippen molar-refractivity contribution in [1.82, 2.24) is 9.97 Å². The number of ether oxygens (including phenoxy) is 1. The Morgan fingerprint density at radius 3 is 2.96 bits per heavy atom. The van der Waals surface area contributed by atoms with Gasteiger partial charge in [0.2, 0.25) is 0 Å². The van der Waals surface area contributed by atoms with Gasteiger partial charge in [-0.25, -0.2) is 9.97 Å². The van der Waals surface area contributed by atoms with Gasteiger partial charge in [0.05, 0.1) is 23.0 Å². The monoisotopic (exact) mass is 343 g/mol. The van der Waals surface area contributed by atoms with Crippen LogP contribution in [0.15, 0.2) is 48.8 Å². The molecule has 0 fully saturated rings. The van der Waals surface area contributed by atoms with E-state index in [1.54, 1.807) is 18.5 Å². The Kier molecular flexibility index (Phi) is 4.12. The van der Waals surface area contributed by atoms with Crippen LogP contribution in [-0.2, 0) is 6.42 Å². The minimum absolute atomic E-state index is 0.573. The van der Waals surface area contributed by atoms with E-state index in [0.717, 1.165) is 47.2 Å². The van der Waals surface area contributed by atoms with Gasteiger partial charge in [0, 0.05) is 18.7 Å². The van der Waals surface area contributed by atoms with Crippen LogP contribution in [0.3, 0.4) is 0 Å². The van der Waals surface area contributed by atoms with Crippen molar-refractivity contribution in [2.24, 2.45) is 0 Å². The molecule has 0 spiro atoms. The number of hydrogen-bond donors (Lipinski definition) is 2. The number of hydrogen-bond acceptors (Lipinski definition) is 6. The van der Waals surface area contributed by atoms with Crippen LogP contribution in [-0.4, -0.2) is 16.5 Å². The molecule has 0 saturated carbocycles. The lowest BCUT2D eigenvalue weighted by atomic mass is 10.2. The largest absolute Gasteiger partial charge is 0.457 e. The van der Waals surface area contributed by atoms with Crippen LogP contribution < -0.4 is 15.4 Å². The Labute approximate surface area is 151 Å². The summed E-state index contributed by atoms with van der Waals surface area (Å²) in [5, 5.41) is 15.7. The molecule has 3 aromatic rings. The zero-order valence-corrected chi connectivity index (χ0v) is 14.3. The van der Waals surface area contributed by atoms with Crippen molar-refractivity contribution >= 4 is 17.2 Å². The number of fused-ring (bicyclic) bond motifs is 1. The highest BCUT2D eigenvalue weighted by Crippen LogP contribution is 2.32. The Morgan fingerprint density at radius 1 is 1.19 bits per heavy atom. The standard InChI is InChI=1S/C20H17N5O/c1-13-9-15(25-20-19-17(7-8-22-19)23-12-24-20)5-6-18(13)26-16-4-2-3-14(10-16)11-21/h2-6,9-10,12,22H,7-8H2,1H3,(H,23,24,25). The fourth-order valence-corrected chi connectivity index (χ4v) is 2.93. The second-order valence-corrected chi connectivity index (χ2v) is 6.07. The molecule has 1 aromatic heterocycles. The molecule has 2 heterocycles. The molecule has 1 aliphatic heterocycles. The van der Waals surface area contributed by atoms with Crippen LogP contribution >= 0.6 is 0 Å². The van der Waals surface area contributed by atoms with Crippen LogP contribution in [0.2, 0.25) is 0 Å². The SMILES string of the molecule is Cc1cc(Nc2ncnc3c2NCC3)ccc1Oc1cccc(C#N)c1. The summed E-state index contributed by atoms with van der Waals surface area (Å²) >= 11 is 0. The Morgan fingerprint density at radius 2 is 2.12 bits per heavy atom. The van der Waals surface area contributed by atoms with E-state index in [0.29, 0.717) is 11.3 Å². The van der Waals surface area contributed by atoms with Gasteiger partial charge >= 0.3 is 0 Å². The molecular formula is C20H17N5O. The highest BCUT2D eigenvalue weighted by Gasteiger charge is 2.16. The van der Waals surface area contributed by atoms with Gasteiger partial charge < -0.3 is 15.4 Å². The predicted molar refractivity (Wildman–Crippen MR) is 99.9 cm³/mol. The average Bonchev–Trinajstić information content (AvgIpc) is 3.14. The first kappa shape index (κ1) is 15.9. The fourth-order valence-electron chi connectivity index (χ4n) is 2.93. The van der Waals surface area contributed by atoms with Crippen LogP contribution in [0.5, 0.6) is 11.5 Å². The number of anilines is 3. The molecule has 26 heavy (non-hydrogen) atoms. The minimum atomic E-state index is 0.573. The highest BCUT2D eigenvalue weighted by atomic mass is 16.5. The number of benzene rings is 2. The number of nitrogens with zero attached hydrogens (tertiary/aromatic N) is 3. The van der Waals surface area contributed by atoms with Gasteiger partial charge in [0.1, 0.15) is 17.8 Å². The van der Waals surface area contributed by atoms with Crippen LogP contribution in [0.4, 0.5) is 17.2 Å². The summed E-state index contributed by atoms with van der Waals surface area (Å²) < 4.78 is 5.91. The van der Waals surface area contributed by atoms with Crippen LogP contribution in [0.1, 0.15) is 16.8 Å². The molecule has 6 nitrogen and oxygen atoms in total. The molecule has 0 aliphatic carbocycles. The van der Waals surface area contributed by atoms with Crippen molar-refractivity contribution in [2.75, 3.05) is 17.2 Å². The maximum atomic E-state index is 9.00. The van der Waals surface area contributed by atoms with Crippen molar-refractivity contribution in [1.29, 1.82) is 5.26 Å². The van der Waals surface area contributed by atoms with Gasteiger partial charge in [-0.05, 0) is 48.9 Å². The van der Waals surface area contributed by atoms with E-state index in [2.05, 4.69) is 26.7 Å². The summed E-state index contributed by atoms with van der Waals surface area (Å²) in [6, 6.07) is 15.1. The predicted octanol–water partition coefficient (Wildman–Crippen LogP) is 4.16. The van der Waals surface area contributed by atoms with Crippen molar-refractivity contribution in [3.8, 4) is 17.6 Å². The smallest absolute Gasteiger partial charge is 0.157 e. The molecule has 128 valence electrons. The van der Waals surface area contributed by atoms with E-state index in [1.165, 1.54) is 0 Å². The van der Waals surface area contributed by atoms with Crippen molar-refractivity contribution in [3.63, 3.8) is 0 Å². The molecule has 0 atom stereocenters. The number of nitrogens with one attached hydrogen (secondary N) is 2. The van der Waals surface area contributed by atoms with Gasteiger partial charge in [-0.2, -0.15) is 5.26 Å². The average molecular weight is 343 g/mol. The Bertz CT molecular complexity index is 1010. The molecule has 0 bridgehead atoms. The van der Waals surface area contributed by atoms with E-state index in [4.69, 9.17) is 10.00 Å². The number of aryl methyl sites for hydroxylation is 1. The molecule has 0 saturated heterocycles. The quantitative estimate of drug-likeness (QED) is 0.740. The third kappa shape index (κ3) is 3.15. The van der Waals surface area contributed by atoms with Crippen molar-refractivity contribution < 1.29 is 4.74 Å². The third-order valence-corrected chi connectivity index (χ3v) is 4.22. The summed E-state index contributed by atoms with van der Waals surface area (Å²) in [7, 11) is 0. The lowest BCUT2D eigenvalue weighted by molar-refractivity contribution is 0.479. The lowest BCUT2D eigenvalue weighted by Gasteiger charge is -2.13. The van der Waals surface area contributed by atoms with E-state index in [9.17, 15) is 0 Å². The summed E-state index contributed by atoms with van der Waals surface area (Å²) in [5.41, 5.74) is 4.49. The molecule has 0 amide bonds. The van der Waals surface area contributed by atoms with Gasteiger partial charge in [0.15, 0.2) is 5.82 Å². The summed E-state index contributed by atoms with van der Waals surface area (Å²) in [6.45, 7) is 2.87. The molecule has 2 aromatic carbocycles. The van der Waals surface area contributed by atoms with Gasteiger partial charge in [-0.1, -0.05) is 6.07 Å². The summed E-state index contributed by atoms with van der Waals surface area (Å²) in [5.74, 6) is 2.17. The van der Waals surface area contributed by atoms with E-state index >= 15 is 0 Å². The first-order valence-corrected chi connectivity index (χ1v) is 8.36. The van der Waals surface area contributed by atoms with Crippen LogP contribution in [0, 0.1) is 18.3 Å². The summed E-state index contributed by atoms with van der Waals surface area (Å²) in [4.78, 5) is 8.64.